The topological polar surface area (TPSA) is 121 Å². The molecule has 4 aromatic rings. The van der Waals surface area contributed by atoms with E-state index in [0.717, 1.165) is 41.7 Å². The average Bonchev–Trinajstić information content (AvgIpc) is 3.55. The molecule has 2 N–H and O–H groups in total. The van der Waals surface area contributed by atoms with Gasteiger partial charge in [0.05, 0.1) is 43.4 Å². The quantitative estimate of drug-likeness (QED) is 0.181. The number of benzene rings is 4. The van der Waals surface area contributed by atoms with Crippen LogP contribution >= 0.6 is 0 Å². The van der Waals surface area contributed by atoms with E-state index in [4.69, 9.17) is 14.2 Å². The van der Waals surface area contributed by atoms with Gasteiger partial charge in [-0.15, -0.1) is 0 Å². The zero-order chi connectivity index (χ0) is 31.8. The first-order chi connectivity index (χ1) is 21.7. The zero-order valence-corrected chi connectivity index (χ0v) is 26.2. The summed E-state index contributed by atoms with van der Waals surface area (Å²) in [4.78, 5) is 2.15. The highest BCUT2D eigenvalue weighted by Gasteiger charge is 2.18. The zero-order valence-electron chi connectivity index (χ0n) is 25.4. The van der Waals surface area contributed by atoms with Crippen LogP contribution in [0.4, 0.5) is 11.4 Å². The van der Waals surface area contributed by atoms with Crippen LogP contribution in [0.5, 0.6) is 17.2 Å². The number of nitrogens with one attached hydrogen (secondary N) is 1. The van der Waals surface area contributed by atoms with Crippen LogP contribution in [0.3, 0.4) is 0 Å². The van der Waals surface area contributed by atoms with Gasteiger partial charge in [0.15, 0.2) is 0 Å². The third-order valence-corrected chi connectivity index (χ3v) is 8.13. The number of aliphatic hydroxyl groups is 1. The lowest BCUT2D eigenvalue weighted by molar-refractivity contribution is 0.167. The van der Waals surface area contributed by atoms with Crippen LogP contribution in [0, 0.1) is 24.2 Å². The molecule has 0 bridgehead atoms. The van der Waals surface area contributed by atoms with E-state index in [9.17, 15) is 18.8 Å². The number of aliphatic hydroxyl groups excluding tert-OH is 1. The van der Waals surface area contributed by atoms with Crippen LogP contribution in [-0.4, -0.2) is 39.6 Å². The van der Waals surface area contributed by atoms with Crippen molar-refractivity contribution in [2.75, 3.05) is 35.7 Å². The highest BCUT2D eigenvalue weighted by atomic mass is 32.2. The van der Waals surface area contributed by atoms with Crippen molar-refractivity contribution in [2.24, 2.45) is 5.92 Å². The van der Waals surface area contributed by atoms with Gasteiger partial charge in [0.1, 0.15) is 17.2 Å². The van der Waals surface area contributed by atoms with Crippen LogP contribution in [0.1, 0.15) is 34.2 Å². The van der Waals surface area contributed by atoms with Gasteiger partial charge in [0.2, 0.25) is 10.0 Å². The summed E-state index contributed by atoms with van der Waals surface area (Å²) in [5.74, 6) is 2.19. The van der Waals surface area contributed by atoms with Crippen LogP contribution in [-0.2, 0) is 34.5 Å². The van der Waals surface area contributed by atoms with Gasteiger partial charge in [-0.3, -0.25) is 4.72 Å². The summed E-state index contributed by atoms with van der Waals surface area (Å²) in [7, 11) is -3.46. The number of ether oxygens (including phenoxy) is 3. The minimum atomic E-state index is -3.46. The van der Waals surface area contributed by atoms with Gasteiger partial charge in [-0.2, -0.15) is 5.26 Å². The van der Waals surface area contributed by atoms with Crippen molar-refractivity contribution in [1.29, 1.82) is 5.26 Å². The molecule has 0 saturated carbocycles. The molecule has 1 atom stereocenters. The molecule has 45 heavy (non-hydrogen) atoms. The van der Waals surface area contributed by atoms with Gasteiger partial charge >= 0.3 is 0 Å². The van der Waals surface area contributed by atoms with Crippen molar-refractivity contribution in [3.63, 3.8) is 0 Å². The number of sulfonamides is 1. The van der Waals surface area contributed by atoms with Crippen molar-refractivity contribution < 1.29 is 27.7 Å². The van der Waals surface area contributed by atoms with Crippen molar-refractivity contribution >= 4 is 21.4 Å². The highest BCUT2D eigenvalue weighted by molar-refractivity contribution is 7.92. The number of rotatable bonds is 13. The fourth-order valence-corrected chi connectivity index (χ4v) is 5.90. The molecular weight excluding hydrogens is 590 g/mol. The van der Waals surface area contributed by atoms with Gasteiger partial charge in [0.25, 0.3) is 0 Å². The Bertz CT molecular complexity index is 1760. The summed E-state index contributed by atoms with van der Waals surface area (Å²) < 4.78 is 44.2. The fourth-order valence-electron chi connectivity index (χ4n) is 5.27. The fraction of sp³-hybridized carbons (Fsp3) is 0.286. The summed E-state index contributed by atoms with van der Waals surface area (Å²) >= 11 is 0. The predicted octanol–water partition coefficient (Wildman–Crippen LogP) is 6.14. The molecule has 0 aliphatic carbocycles. The SMILES string of the molecule is Cc1c(NS(C)(=O)=O)cccc1N(Cc1ccc(Oc2cc(CO)cc(OCC3CCOC3)c2)cc1)Cc1cccc(C#N)c1. The van der Waals surface area contributed by atoms with Crippen LogP contribution in [0.25, 0.3) is 0 Å². The number of hydrogen-bond donors (Lipinski definition) is 2. The summed E-state index contributed by atoms with van der Waals surface area (Å²) in [6.07, 6.45) is 2.11. The third kappa shape index (κ3) is 8.99. The summed E-state index contributed by atoms with van der Waals surface area (Å²) in [5, 5.41) is 19.2. The van der Waals surface area contributed by atoms with Gasteiger partial charge in [-0.1, -0.05) is 30.3 Å². The van der Waals surface area contributed by atoms with Crippen molar-refractivity contribution in [2.45, 2.75) is 33.0 Å². The normalized spacial score (nSPS) is 14.5. The molecule has 9 nitrogen and oxygen atoms in total. The van der Waals surface area contributed by atoms with E-state index in [1.54, 1.807) is 18.2 Å². The number of nitriles is 1. The maximum atomic E-state index is 12.0. The van der Waals surface area contributed by atoms with Gasteiger partial charge in [-0.25, -0.2) is 8.42 Å². The van der Waals surface area contributed by atoms with E-state index in [1.807, 2.05) is 73.7 Å². The Kier molecular flexibility index (Phi) is 10.2. The standard InChI is InChI=1S/C35H37N3O6S/c1-25-34(37-45(2,40)41)7-4-8-35(25)38(21-28-6-3-5-27(15-28)19-36)20-26-9-11-31(12-10-26)44-33-17-30(22-39)16-32(18-33)43-24-29-13-14-42-23-29/h3-12,15-18,29,37,39H,13-14,20-24H2,1-2H3. The van der Waals surface area contributed by atoms with Crippen LogP contribution in [0.2, 0.25) is 0 Å². The molecule has 4 aromatic carbocycles. The molecule has 1 saturated heterocycles. The number of anilines is 2. The molecule has 234 valence electrons. The Hall–Kier alpha value is -4.56. The minimum absolute atomic E-state index is 0.132. The Morgan fingerprint density at radius 3 is 2.42 bits per heavy atom. The second-order valence-electron chi connectivity index (χ2n) is 11.2. The molecular formula is C35H37N3O6S. The van der Waals surface area contributed by atoms with E-state index in [2.05, 4.69) is 15.7 Å². The van der Waals surface area contributed by atoms with E-state index in [1.165, 1.54) is 0 Å². The molecule has 1 aliphatic heterocycles. The molecule has 1 unspecified atom stereocenters. The number of hydrogen-bond acceptors (Lipinski definition) is 8. The maximum Gasteiger partial charge on any atom is 0.229 e. The average molecular weight is 628 g/mol. The molecule has 0 spiro atoms. The third-order valence-electron chi connectivity index (χ3n) is 7.54. The minimum Gasteiger partial charge on any atom is -0.493 e. The summed E-state index contributed by atoms with van der Waals surface area (Å²) in [5.41, 5.74) is 5.40. The first-order valence-electron chi connectivity index (χ1n) is 14.7. The second-order valence-corrected chi connectivity index (χ2v) is 13.0. The maximum absolute atomic E-state index is 12.0. The van der Waals surface area contributed by atoms with Gasteiger partial charge in [0, 0.05) is 37.4 Å². The van der Waals surface area contributed by atoms with E-state index < -0.39 is 10.0 Å². The molecule has 0 radical (unpaired) electrons. The molecule has 1 aliphatic rings. The summed E-state index contributed by atoms with van der Waals surface area (Å²) in [6, 6.07) is 28.3. The van der Waals surface area contributed by atoms with E-state index in [0.29, 0.717) is 66.3 Å². The Labute approximate surface area is 264 Å². The van der Waals surface area contributed by atoms with Gasteiger partial charge in [-0.05, 0) is 84.1 Å². The molecule has 0 amide bonds. The highest BCUT2D eigenvalue weighted by Crippen LogP contribution is 2.32. The molecule has 10 heteroatoms. The summed E-state index contributed by atoms with van der Waals surface area (Å²) in [6.45, 7) is 4.77. The molecule has 5 rings (SSSR count). The molecule has 1 heterocycles. The lowest BCUT2D eigenvalue weighted by Gasteiger charge is -2.28. The van der Waals surface area contributed by atoms with Crippen molar-refractivity contribution in [3.8, 4) is 23.3 Å². The first kappa shape index (κ1) is 31.9. The van der Waals surface area contributed by atoms with Crippen molar-refractivity contribution in [1.82, 2.24) is 0 Å². The van der Waals surface area contributed by atoms with Crippen molar-refractivity contribution in [3.05, 3.63) is 113 Å². The van der Waals surface area contributed by atoms with Crippen LogP contribution < -0.4 is 19.1 Å². The van der Waals surface area contributed by atoms with E-state index >= 15 is 0 Å². The monoisotopic (exact) mass is 627 g/mol. The lowest BCUT2D eigenvalue weighted by atomic mass is 10.1. The second kappa shape index (κ2) is 14.5. The first-order valence-corrected chi connectivity index (χ1v) is 16.6. The Balaban J connectivity index is 1.35. The molecule has 0 aromatic heterocycles. The van der Waals surface area contributed by atoms with Gasteiger partial charge < -0.3 is 24.2 Å². The lowest BCUT2D eigenvalue weighted by Crippen LogP contribution is -2.23. The predicted molar refractivity (Wildman–Crippen MR) is 174 cm³/mol. The largest absolute Gasteiger partial charge is 0.493 e. The smallest absolute Gasteiger partial charge is 0.229 e. The molecule has 1 fully saturated rings. The van der Waals surface area contributed by atoms with E-state index in [-0.39, 0.29) is 6.61 Å². The van der Waals surface area contributed by atoms with Crippen LogP contribution in [0.15, 0.2) is 84.9 Å². The Morgan fingerprint density at radius 2 is 1.71 bits per heavy atom. The number of nitrogens with zero attached hydrogens (tertiary/aromatic N) is 2. The Morgan fingerprint density at radius 1 is 0.956 bits per heavy atom.